The highest BCUT2D eigenvalue weighted by Crippen LogP contribution is 2.23. The fourth-order valence-electron chi connectivity index (χ4n) is 2.82. The maximum absolute atomic E-state index is 12.3. The monoisotopic (exact) mass is 401 g/mol. The summed E-state index contributed by atoms with van der Waals surface area (Å²) in [5.74, 6) is 0.0994. The minimum atomic E-state index is -0.179. The zero-order valence-electron chi connectivity index (χ0n) is 15.3. The Labute approximate surface area is 167 Å². The lowest BCUT2D eigenvalue weighted by Gasteiger charge is -2.15. The van der Waals surface area contributed by atoms with E-state index in [0.717, 1.165) is 22.4 Å². The first-order valence-corrected chi connectivity index (χ1v) is 9.84. The first-order valence-electron chi connectivity index (χ1n) is 8.47. The van der Waals surface area contributed by atoms with Crippen LogP contribution < -0.4 is 5.32 Å². The van der Waals surface area contributed by atoms with E-state index < -0.39 is 0 Å². The van der Waals surface area contributed by atoms with Crippen LogP contribution in [0.2, 0.25) is 5.02 Å². The second-order valence-electron chi connectivity index (χ2n) is 6.32. The molecule has 1 amide bonds. The van der Waals surface area contributed by atoms with Gasteiger partial charge in [-0.1, -0.05) is 47.6 Å². The van der Waals surface area contributed by atoms with Crippen molar-refractivity contribution in [1.29, 1.82) is 0 Å². The van der Waals surface area contributed by atoms with Crippen LogP contribution in [-0.4, -0.2) is 31.9 Å². The number of hydrogen-bond acceptors (Lipinski definition) is 5. The zero-order chi connectivity index (χ0) is 19.4. The van der Waals surface area contributed by atoms with Gasteiger partial charge in [0.1, 0.15) is 0 Å². The van der Waals surface area contributed by atoms with Crippen LogP contribution in [0.15, 0.2) is 47.6 Å². The molecule has 8 heteroatoms. The minimum Gasteiger partial charge on any atom is -0.349 e. The molecule has 0 bridgehead atoms. The molecule has 0 aliphatic rings. The van der Waals surface area contributed by atoms with Gasteiger partial charge in [0, 0.05) is 5.02 Å². The number of nitrogens with zero attached hydrogens (tertiary/aromatic N) is 4. The number of aromatic nitrogens is 4. The molecule has 27 heavy (non-hydrogen) atoms. The van der Waals surface area contributed by atoms with Crippen molar-refractivity contribution >= 4 is 29.3 Å². The molecule has 0 unspecified atom stereocenters. The van der Waals surface area contributed by atoms with Crippen molar-refractivity contribution in [3.05, 3.63) is 64.2 Å². The third-order valence-corrected chi connectivity index (χ3v) is 5.24. The zero-order valence-corrected chi connectivity index (χ0v) is 16.9. The summed E-state index contributed by atoms with van der Waals surface area (Å²) in [4.78, 5) is 12.3. The van der Waals surface area contributed by atoms with Crippen molar-refractivity contribution in [2.75, 3.05) is 5.75 Å². The second-order valence-corrected chi connectivity index (χ2v) is 7.67. The molecular weight excluding hydrogens is 382 g/mol. The molecule has 0 saturated heterocycles. The predicted molar refractivity (Wildman–Crippen MR) is 107 cm³/mol. The van der Waals surface area contributed by atoms with E-state index in [-0.39, 0.29) is 17.7 Å². The van der Waals surface area contributed by atoms with Crippen molar-refractivity contribution in [2.45, 2.75) is 32.0 Å². The highest BCUT2D eigenvalue weighted by atomic mass is 35.5. The lowest BCUT2D eigenvalue weighted by Crippen LogP contribution is -2.28. The summed E-state index contributed by atoms with van der Waals surface area (Å²) >= 11 is 7.48. The van der Waals surface area contributed by atoms with Gasteiger partial charge in [-0.25, -0.2) is 0 Å². The van der Waals surface area contributed by atoms with Gasteiger partial charge in [-0.15, -0.1) is 5.10 Å². The van der Waals surface area contributed by atoms with E-state index >= 15 is 0 Å². The summed E-state index contributed by atoms with van der Waals surface area (Å²) in [6.45, 7) is 5.96. The van der Waals surface area contributed by atoms with Crippen LogP contribution in [0.25, 0.3) is 5.69 Å². The Kier molecular flexibility index (Phi) is 6.13. The molecule has 140 valence electrons. The van der Waals surface area contributed by atoms with Gasteiger partial charge in [-0.2, -0.15) is 4.68 Å². The van der Waals surface area contributed by atoms with Crippen molar-refractivity contribution in [3.63, 3.8) is 0 Å². The van der Waals surface area contributed by atoms with Crippen LogP contribution in [0.3, 0.4) is 0 Å². The van der Waals surface area contributed by atoms with Gasteiger partial charge in [0.15, 0.2) is 0 Å². The lowest BCUT2D eigenvalue weighted by molar-refractivity contribution is -0.119. The maximum atomic E-state index is 12.3. The molecule has 1 atom stereocenters. The summed E-state index contributed by atoms with van der Waals surface area (Å²) in [5.41, 5.74) is 4.02. The van der Waals surface area contributed by atoms with Crippen LogP contribution in [0.5, 0.6) is 0 Å². The SMILES string of the molecule is Cc1cc(C)cc(-n2nnnc2SCC(=O)N[C@@H](C)c2ccccc2Cl)c1. The molecule has 0 spiro atoms. The number of amides is 1. The predicted octanol–water partition coefficient (Wildman–Crippen LogP) is 3.90. The average molecular weight is 402 g/mol. The Morgan fingerprint density at radius 1 is 1.22 bits per heavy atom. The van der Waals surface area contributed by atoms with Crippen LogP contribution in [0.4, 0.5) is 0 Å². The van der Waals surface area contributed by atoms with Gasteiger partial charge >= 0.3 is 0 Å². The molecule has 6 nitrogen and oxygen atoms in total. The number of halogens is 1. The summed E-state index contributed by atoms with van der Waals surface area (Å²) in [6, 6.07) is 13.4. The highest BCUT2D eigenvalue weighted by Gasteiger charge is 2.15. The maximum Gasteiger partial charge on any atom is 0.230 e. The third-order valence-electron chi connectivity index (χ3n) is 3.97. The number of rotatable bonds is 6. The van der Waals surface area contributed by atoms with Crippen LogP contribution in [0, 0.1) is 13.8 Å². The van der Waals surface area contributed by atoms with E-state index in [9.17, 15) is 4.79 Å². The standard InChI is InChI=1S/C19H20ClN5OS/c1-12-8-13(2)10-15(9-12)25-19(22-23-24-25)27-11-18(26)21-14(3)16-6-4-5-7-17(16)20/h4-10,14H,11H2,1-3H3,(H,21,26)/t14-/m0/s1. The third kappa shape index (κ3) is 4.87. The topological polar surface area (TPSA) is 72.7 Å². The second kappa shape index (κ2) is 8.54. The van der Waals surface area contributed by atoms with Crippen LogP contribution in [-0.2, 0) is 4.79 Å². The number of carbonyl (C=O) groups is 1. The van der Waals surface area contributed by atoms with E-state index in [4.69, 9.17) is 11.6 Å². The number of carbonyl (C=O) groups excluding carboxylic acids is 1. The molecule has 0 aliphatic carbocycles. The number of benzene rings is 2. The van der Waals surface area contributed by atoms with Crippen molar-refractivity contribution < 1.29 is 4.79 Å². The number of tetrazole rings is 1. The molecule has 1 N–H and O–H groups in total. The van der Waals surface area contributed by atoms with Crippen LogP contribution >= 0.6 is 23.4 Å². The van der Waals surface area contributed by atoms with E-state index in [1.165, 1.54) is 11.8 Å². The molecule has 1 heterocycles. The van der Waals surface area contributed by atoms with Gasteiger partial charge in [-0.3, -0.25) is 4.79 Å². The quantitative estimate of drug-likeness (QED) is 0.634. The van der Waals surface area contributed by atoms with Gasteiger partial charge in [0.2, 0.25) is 11.1 Å². The Bertz CT molecular complexity index is 939. The molecule has 3 rings (SSSR count). The van der Waals surface area contributed by atoms with E-state index in [0.29, 0.717) is 10.2 Å². The fraction of sp³-hybridized carbons (Fsp3) is 0.263. The van der Waals surface area contributed by atoms with Gasteiger partial charge < -0.3 is 5.32 Å². The summed E-state index contributed by atoms with van der Waals surface area (Å²) < 4.78 is 1.65. The molecule has 0 aliphatic heterocycles. The molecule has 3 aromatic rings. The van der Waals surface area contributed by atoms with Crippen molar-refractivity contribution in [2.24, 2.45) is 0 Å². The van der Waals surface area contributed by atoms with Crippen molar-refractivity contribution in [3.8, 4) is 5.69 Å². The first-order chi connectivity index (χ1) is 12.9. The smallest absolute Gasteiger partial charge is 0.230 e. The lowest BCUT2D eigenvalue weighted by atomic mass is 10.1. The molecule has 0 radical (unpaired) electrons. The Hall–Kier alpha value is -2.38. The van der Waals surface area contributed by atoms with Gasteiger partial charge in [0.05, 0.1) is 17.5 Å². The minimum absolute atomic E-state index is 0.109. The normalized spacial score (nSPS) is 12.0. The fourth-order valence-corrected chi connectivity index (χ4v) is 3.82. The van der Waals surface area contributed by atoms with E-state index in [2.05, 4.69) is 26.9 Å². The molecular formula is C19H20ClN5OS. The number of aryl methyl sites for hydroxylation is 2. The Morgan fingerprint density at radius 3 is 2.63 bits per heavy atom. The highest BCUT2D eigenvalue weighted by molar-refractivity contribution is 7.99. The molecule has 0 fully saturated rings. The summed E-state index contributed by atoms with van der Waals surface area (Å²) in [5, 5.41) is 16.0. The number of nitrogens with one attached hydrogen (secondary N) is 1. The van der Waals surface area contributed by atoms with E-state index in [1.807, 2.05) is 57.2 Å². The number of thioether (sulfide) groups is 1. The van der Waals surface area contributed by atoms with Crippen LogP contribution in [0.1, 0.15) is 29.7 Å². The Balaban J connectivity index is 1.65. The van der Waals surface area contributed by atoms with E-state index in [1.54, 1.807) is 4.68 Å². The molecule has 0 saturated carbocycles. The summed E-state index contributed by atoms with van der Waals surface area (Å²) in [6.07, 6.45) is 0. The Morgan fingerprint density at radius 2 is 1.93 bits per heavy atom. The van der Waals surface area contributed by atoms with Gasteiger partial charge in [0.25, 0.3) is 0 Å². The molecule has 2 aromatic carbocycles. The number of hydrogen-bond donors (Lipinski definition) is 1. The van der Waals surface area contributed by atoms with Gasteiger partial charge in [-0.05, 0) is 66.1 Å². The summed E-state index contributed by atoms with van der Waals surface area (Å²) in [7, 11) is 0. The largest absolute Gasteiger partial charge is 0.349 e. The molecule has 1 aromatic heterocycles. The average Bonchev–Trinajstić information content (AvgIpc) is 3.08. The first kappa shape index (κ1) is 19.4. The van der Waals surface area contributed by atoms with Crippen molar-refractivity contribution in [1.82, 2.24) is 25.5 Å².